The number of halogens is 1. The minimum atomic E-state index is -0.0693. The number of hydrogen-bond donors (Lipinski definition) is 2. The van der Waals surface area contributed by atoms with E-state index in [-0.39, 0.29) is 29.5 Å². The van der Waals surface area contributed by atoms with Gasteiger partial charge in [-0.25, -0.2) is 4.99 Å². The molecule has 0 spiro atoms. The van der Waals surface area contributed by atoms with E-state index in [0.29, 0.717) is 6.54 Å². The van der Waals surface area contributed by atoms with E-state index in [1.54, 1.807) is 12.6 Å². The number of furan rings is 1. The van der Waals surface area contributed by atoms with E-state index in [1.165, 1.54) is 0 Å². The van der Waals surface area contributed by atoms with Gasteiger partial charge in [0.1, 0.15) is 24.5 Å². The number of aliphatic imine (C=N–C) groups is 1. The lowest BCUT2D eigenvalue weighted by atomic mass is 10.1. The van der Waals surface area contributed by atoms with Gasteiger partial charge in [-0.2, -0.15) is 0 Å². The molecule has 0 unspecified atom stereocenters. The van der Waals surface area contributed by atoms with Crippen molar-refractivity contribution in [2.45, 2.75) is 52.7 Å². The van der Waals surface area contributed by atoms with Crippen molar-refractivity contribution in [2.24, 2.45) is 4.99 Å². The van der Waals surface area contributed by atoms with Gasteiger partial charge in [-0.15, -0.1) is 34.2 Å². The number of guanidine groups is 1. The van der Waals surface area contributed by atoms with Gasteiger partial charge < -0.3 is 19.6 Å². The zero-order chi connectivity index (χ0) is 16.7. The van der Waals surface area contributed by atoms with Crippen molar-refractivity contribution in [1.29, 1.82) is 0 Å². The van der Waals surface area contributed by atoms with E-state index in [9.17, 15) is 0 Å². The molecule has 7 nitrogen and oxygen atoms in total. The molecule has 0 radical (unpaired) electrons. The summed E-state index contributed by atoms with van der Waals surface area (Å²) in [5, 5.41) is 14.8. The number of hydrogen-bond acceptors (Lipinski definition) is 4. The molecule has 134 valence electrons. The predicted molar refractivity (Wildman–Crippen MR) is 106 cm³/mol. The smallest absolute Gasteiger partial charge is 0.192 e. The first-order valence-corrected chi connectivity index (χ1v) is 7.93. The Balaban J connectivity index is 0.00000288. The van der Waals surface area contributed by atoms with Gasteiger partial charge in [0.2, 0.25) is 0 Å². The van der Waals surface area contributed by atoms with Crippen LogP contribution in [0.1, 0.15) is 39.3 Å². The Morgan fingerprint density at radius 3 is 2.79 bits per heavy atom. The van der Waals surface area contributed by atoms with Crippen LogP contribution in [0.15, 0.2) is 34.1 Å². The van der Waals surface area contributed by atoms with Crippen LogP contribution < -0.4 is 10.6 Å². The fourth-order valence-electron chi connectivity index (χ4n) is 2.09. The van der Waals surface area contributed by atoms with Crippen molar-refractivity contribution in [3.05, 3.63) is 36.3 Å². The van der Waals surface area contributed by atoms with Crippen molar-refractivity contribution >= 4 is 29.9 Å². The van der Waals surface area contributed by atoms with E-state index >= 15 is 0 Å². The average molecular weight is 446 g/mol. The maximum Gasteiger partial charge on any atom is 0.192 e. The van der Waals surface area contributed by atoms with Crippen molar-refractivity contribution in [3.63, 3.8) is 0 Å². The van der Waals surface area contributed by atoms with Crippen molar-refractivity contribution < 1.29 is 4.42 Å². The SMILES string of the molecule is CCc1nncn1CCNC(=NCc1ccco1)NC(C)(C)C.I. The molecule has 0 fully saturated rings. The van der Waals surface area contributed by atoms with E-state index < -0.39 is 0 Å². The zero-order valence-corrected chi connectivity index (χ0v) is 17.1. The highest BCUT2D eigenvalue weighted by Crippen LogP contribution is 2.03. The molecular weight excluding hydrogens is 419 g/mol. The molecule has 0 bridgehead atoms. The zero-order valence-electron chi connectivity index (χ0n) is 14.7. The summed E-state index contributed by atoms with van der Waals surface area (Å²) >= 11 is 0. The highest BCUT2D eigenvalue weighted by molar-refractivity contribution is 14.0. The molecule has 0 aliphatic carbocycles. The summed E-state index contributed by atoms with van der Waals surface area (Å²) in [7, 11) is 0. The summed E-state index contributed by atoms with van der Waals surface area (Å²) in [6.45, 7) is 10.4. The van der Waals surface area contributed by atoms with Crippen LogP contribution in [0.3, 0.4) is 0 Å². The van der Waals surface area contributed by atoms with E-state index in [1.807, 2.05) is 16.7 Å². The van der Waals surface area contributed by atoms with Gasteiger partial charge in [-0.1, -0.05) is 6.92 Å². The van der Waals surface area contributed by atoms with Crippen molar-refractivity contribution in [3.8, 4) is 0 Å². The molecule has 2 heterocycles. The summed E-state index contributed by atoms with van der Waals surface area (Å²) in [6, 6.07) is 3.79. The standard InChI is InChI=1S/C16H26N6O.HI/c1-5-14-21-19-12-22(14)9-8-17-15(20-16(2,3)4)18-11-13-7-6-10-23-13;/h6-7,10,12H,5,8-9,11H2,1-4H3,(H2,17,18,20);1H. The summed E-state index contributed by atoms with van der Waals surface area (Å²) < 4.78 is 7.37. The molecule has 2 rings (SSSR count). The molecular formula is C16H27IN6O. The van der Waals surface area contributed by atoms with Gasteiger partial charge in [0.05, 0.1) is 6.26 Å². The van der Waals surface area contributed by atoms with Crippen LogP contribution >= 0.6 is 24.0 Å². The number of aromatic nitrogens is 3. The minimum Gasteiger partial charge on any atom is -0.467 e. The molecule has 0 atom stereocenters. The normalized spacial score (nSPS) is 11.9. The summed E-state index contributed by atoms with van der Waals surface area (Å²) in [5.74, 6) is 2.59. The third-order valence-corrected chi connectivity index (χ3v) is 3.12. The molecule has 0 saturated carbocycles. The fraction of sp³-hybridized carbons (Fsp3) is 0.562. The minimum absolute atomic E-state index is 0. The third-order valence-electron chi connectivity index (χ3n) is 3.12. The number of nitrogens with one attached hydrogen (secondary N) is 2. The van der Waals surface area contributed by atoms with Gasteiger partial charge in [-0.05, 0) is 32.9 Å². The van der Waals surface area contributed by atoms with Crippen LogP contribution in [0.2, 0.25) is 0 Å². The summed E-state index contributed by atoms with van der Waals surface area (Å²) in [5.41, 5.74) is -0.0693. The Bertz CT molecular complexity index is 615. The van der Waals surface area contributed by atoms with E-state index in [0.717, 1.165) is 37.1 Å². The number of nitrogens with zero attached hydrogens (tertiary/aromatic N) is 4. The molecule has 0 saturated heterocycles. The van der Waals surface area contributed by atoms with Crippen LogP contribution in [0.25, 0.3) is 0 Å². The molecule has 24 heavy (non-hydrogen) atoms. The number of aryl methyl sites for hydroxylation is 1. The highest BCUT2D eigenvalue weighted by Gasteiger charge is 2.12. The van der Waals surface area contributed by atoms with Crippen LogP contribution in [-0.2, 0) is 19.5 Å². The monoisotopic (exact) mass is 446 g/mol. The largest absolute Gasteiger partial charge is 0.467 e. The van der Waals surface area contributed by atoms with Gasteiger partial charge in [0, 0.05) is 25.0 Å². The lowest BCUT2D eigenvalue weighted by Crippen LogP contribution is -2.48. The highest BCUT2D eigenvalue weighted by atomic mass is 127. The molecule has 2 N–H and O–H groups in total. The van der Waals surface area contributed by atoms with Gasteiger partial charge in [-0.3, -0.25) is 0 Å². The quantitative estimate of drug-likeness (QED) is 0.405. The van der Waals surface area contributed by atoms with Crippen LogP contribution in [0, 0.1) is 0 Å². The van der Waals surface area contributed by atoms with Crippen LogP contribution in [0.5, 0.6) is 0 Å². The lowest BCUT2D eigenvalue weighted by molar-refractivity contribution is 0.490. The molecule has 0 aliphatic rings. The molecule has 2 aromatic heterocycles. The summed E-state index contributed by atoms with van der Waals surface area (Å²) in [6.07, 6.45) is 4.30. The topological polar surface area (TPSA) is 80.3 Å². The van der Waals surface area contributed by atoms with Crippen molar-refractivity contribution in [1.82, 2.24) is 25.4 Å². The molecule has 0 aromatic carbocycles. The Labute approximate surface area is 160 Å². The third kappa shape index (κ3) is 6.90. The first-order valence-electron chi connectivity index (χ1n) is 7.93. The fourth-order valence-corrected chi connectivity index (χ4v) is 2.09. The molecule has 0 aliphatic heterocycles. The lowest BCUT2D eigenvalue weighted by Gasteiger charge is -2.24. The van der Waals surface area contributed by atoms with Crippen LogP contribution in [0.4, 0.5) is 0 Å². The van der Waals surface area contributed by atoms with Crippen molar-refractivity contribution in [2.75, 3.05) is 6.54 Å². The molecule has 0 amide bonds. The Morgan fingerprint density at radius 2 is 2.17 bits per heavy atom. The Morgan fingerprint density at radius 1 is 1.38 bits per heavy atom. The number of rotatable bonds is 6. The maximum atomic E-state index is 5.32. The second-order valence-corrected chi connectivity index (χ2v) is 6.34. The Kier molecular flexibility index (Phi) is 8.23. The first-order chi connectivity index (χ1) is 11.0. The second kappa shape index (κ2) is 9.65. The van der Waals surface area contributed by atoms with Gasteiger partial charge >= 0.3 is 0 Å². The molecule has 8 heteroatoms. The van der Waals surface area contributed by atoms with Gasteiger partial charge in [0.15, 0.2) is 5.96 Å². The molecule has 2 aromatic rings. The van der Waals surface area contributed by atoms with E-state index in [2.05, 4.69) is 53.5 Å². The van der Waals surface area contributed by atoms with Gasteiger partial charge in [0.25, 0.3) is 0 Å². The summed E-state index contributed by atoms with van der Waals surface area (Å²) in [4.78, 5) is 4.57. The first kappa shape index (κ1) is 20.5. The maximum absolute atomic E-state index is 5.32. The second-order valence-electron chi connectivity index (χ2n) is 6.34. The predicted octanol–water partition coefficient (Wildman–Crippen LogP) is 2.59. The Hall–Kier alpha value is -1.58. The van der Waals surface area contributed by atoms with Crippen LogP contribution in [-0.4, -0.2) is 32.8 Å². The van der Waals surface area contributed by atoms with E-state index in [4.69, 9.17) is 4.42 Å². The average Bonchev–Trinajstić information content (AvgIpc) is 3.14.